The van der Waals surface area contributed by atoms with Crippen molar-refractivity contribution in [1.82, 2.24) is 0 Å². The summed E-state index contributed by atoms with van der Waals surface area (Å²) in [5, 5.41) is 19.8. The Hall–Kier alpha value is -2.61. The molecule has 1 aromatic rings. The maximum Gasteiger partial charge on any atom is 0.346 e. The van der Waals surface area contributed by atoms with Gasteiger partial charge in [0.25, 0.3) is 0 Å². The number of rotatable bonds is 3. The van der Waals surface area contributed by atoms with Crippen LogP contribution in [0.25, 0.3) is 6.08 Å². The third-order valence-corrected chi connectivity index (χ3v) is 1.89. The Morgan fingerprint density at radius 3 is 2.35 bits per heavy atom. The summed E-state index contributed by atoms with van der Waals surface area (Å²) in [6.07, 6.45) is 1.26. The number of amides is 1. The van der Waals surface area contributed by atoms with Crippen molar-refractivity contribution in [3.8, 4) is 6.07 Å². The number of carboxylic acid groups (broad SMARTS) is 1. The number of hydrogen-bond donors (Lipinski definition) is 2. The van der Waals surface area contributed by atoms with Gasteiger partial charge >= 0.3 is 5.97 Å². The first kappa shape index (κ1) is 12.5. The molecule has 0 aliphatic rings. The molecule has 0 aromatic heterocycles. The summed E-state index contributed by atoms with van der Waals surface area (Å²) in [5.41, 5.74) is 0.860. The van der Waals surface area contributed by atoms with Crippen LogP contribution in [0.1, 0.15) is 12.5 Å². The lowest BCUT2D eigenvalue weighted by Crippen LogP contribution is -2.05. The van der Waals surface area contributed by atoms with Gasteiger partial charge < -0.3 is 10.4 Å². The van der Waals surface area contributed by atoms with Crippen molar-refractivity contribution in [2.75, 3.05) is 5.32 Å². The molecule has 1 rings (SSSR count). The number of nitrogens with one attached hydrogen (secondary N) is 1. The lowest BCUT2D eigenvalue weighted by atomic mass is 10.1. The first-order chi connectivity index (χ1) is 8.02. The third kappa shape index (κ3) is 3.80. The van der Waals surface area contributed by atoms with E-state index in [0.29, 0.717) is 11.3 Å². The van der Waals surface area contributed by atoms with Gasteiger partial charge in [0, 0.05) is 12.6 Å². The number of nitriles is 1. The molecular weight excluding hydrogens is 220 g/mol. The molecule has 5 nitrogen and oxygen atoms in total. The second-order valence-electron chi connectivity index (χ2n) is 3.28. The number of hydrogen-bond acceptors (Lipinski definition) is 3. The van der Waals surface area contributed by atoms with E-state index in [1.807, 2.05) is 0 Å². The van der Waals surface area contributed by atoms with E-state index in [-0.39, 0.29) is 11.5 Å². The summed E-state index contributed by atoms with van der Waals surface area (Å²) in [5.74, 6) is -1.45. The van der Waals surface area contributed by atoms with Gasteiger partial charge in [0.2, 0.25) is 5.91 Å². The zero-order chi connectivity index (χ0) is 12.8. The number of carbonyl (C=O) groups is 2. The Morgan fingerprint density at radius 1 is 1.35 bits per heavy atom. The van der Waals surface area contributed by atoms with E-state index in [9.17, 15) is 9.59 Å². The number of aliphatic carboxylic acids is 1. The van der Waals surface area contributed by atoms with E-state index in [4.69, 9.17) is 10.4 Å². The average molecular weight is 230 g/mol. The highest BCUT2D eigenvalue weighted by Gasteiger charge is 2.05. The van der Waals surface area contributed by atoms with Crippen molar-refractivity contribution in [1.29, 1.82) is 5.26 Å². The van der Waals surface area contributed by atoms with Crippen LogP contribution in [0.3, 0.4) is 0 Å². The minimum Gasteiger partial charge on any atom is -0.477 e. The van der Waals surface area contributed by atoms with Crippen LogP contribution in [-0.4, -0.2) is 17.0 Å². The maximum atomic E-state index is 10.8. The molecule has 0 unspecified atom stereocenters. The highest BCUT2D eigenvalue weighted by molar-refractivity contribution is 5.96. The zero-order valence-electron chi connectivity index (χ0n) is 9.10. The minimum atomic E-state index is -1.27. The first-order valence-corrected chi connectivity index (χ1v) is 4.75. The first-order valence-electron chi connectivity index (χ1n) is 4.75. The van der Waals surface area contributed by atoms with Crippen LogP contribution in [0.15, 0.2) is 29.8 Å². The number of nitrogens with zero attached hydrogens (tertiary/aromatic N) is 1. The van der Waals surface area contributed by atoms with E-state index >= 15 is 0 Å². The standard InChI is InChI=1S/C12H10N2O3/c1-8(15)14-11-4-2-9(3-5-11)6-10(7-13)12(16)17/h2-6H,1H3,(H,14,15)(H,16,17)/b10-6+. The molecule has 0 heterocycles. The summed E-state index contributed by atoms with van der Waals surface area (Å²) in [6.45, 7) is 1.39. The summed E-state index contributed by atoms with van der Waals surface area (Å²) in [4.78, 5) is 21.4. The number of carboxylic acids is 1. The Bertz CT molecular complexity index is 510. The Kier molecular flexibility index (Phi) is 4.01. The third-order valence-electron chi connectivity index (χ3n) is 1.89. The molecule has 1 aromatic carbocycles. The molecule has 0 bridgehead atoms. The van der Waals surface area contributed by atoms with Crippen LogP contribution in [-0.2, 0) is 9.59 Å². The van der Waals surface area contributed by atoms with Gasteiger partial charge in [-0.05, 0) is 23.8 Å². The molecule has 0 saturated heterocycles. The van der Waals surface area contributed by atoms with Crippen LogP contribution in [0.4, 0.5) is 5.69 Å². The summed E-state index contributed by atoms with van der Waals surface area (Å²) in [7, 11) is 0. The fourth-order valence-electron chi connectivity index (χ4n) is 1.17. The monoisotopic (exact) mass is 230 g/mol. The Balaban J connectivity index is 2.92. The molecule has 0 atom stereocenters. The molecule has 0 fully saturated rings. The summed E-state index contributed by atoms with van der Waals surface area (Å²) in [6, 6.07) is 8.08. The lowest BCUT2D eigenvalue weighted by Gasteiger charge is -2.01. The number of carbonyl (C=O) groups excluding carboxylic acids is 1. The van der Waals surface area contributed by atoms with Crippen molar-refractivity contribution < 1.29 is 14.7 Å². The van der Waals surface area contributed by atoms with E-state index in [0.717, 1.165) is 0 Å². The lowest BCUT2D eigenvalue weighted by molar-refractivity contribution is -0.132. The molecule has 0 aliphatic carbocycles. The second kappa shape index (κ2) is 5.47. The molecular formula is C12H10N2O3. The SMILES string of the molecule is CC(=O)Nc1ccc(/C=C(\C#N)C(=O)O)cc1. The molecule has 2 N–H and O–H groups in total. The largest absolute Gasteiger partial charge is 0.477 e. The van der Waals surface area contributed by atoms with E-state index in [2.05, 4.69) is 5.32 Å². The van der Waals surface area contributed by atoms with Gasteiger partial charge in [0.05, 0.1) is 0 Å². The second-order valence-corrected chi connectivity index (χ2v) is 3.28. The minimum absolute atomic E-state index is 0.184. The molecule has 0 radical (unpaired) electrons. The van der Waals surface area contributed by atoms with E-state index < -0.39 is 5.97 Å². The van der Waals surface area contributed by atoms with Gasteiger partial charge in [-0.15, -0.1) is 0 Å². The fourth-order valence-corrected chi connectivity index (χ4v) is 1.17. The molecule has 5 heteroatoms. The van der Waals surface area contributed by atoms with Gasteiger partial charge in [-0.3, -0.25) is 4.79 Å². The highest BCUT2D eigenvalue weighted by atomic mass is 16.4. The molecule has 0 spiro atoms. The maximum absolute atomic E-state index is 10.8. The molecule has 0 aliphatic heterocycles. The summed E-state index contributed by atoms with van der Waals surface area (Å²) >= 11 is 0. The van der Waals surface area contributed by atoms with Crippen molar-refractivity contribution in [3.63, 3.8) is 0 Å². The zero-order valence-corrected chi connectivity index (χ0v) is 9.10. The quantitative estimate of drug-likeness (QED) is 0.610. The van der Waals surface area contributed by atoms with Gasteiger partial charge in [0.15, 0.2) is 0 Å². The number of benzene rings is 1. The van der Waals surface area contributed by atoms with Crippen LogP contribution >= 0.6 is 0 Å². The van der Waals surface area contributed by atoms with Crippen molar-refractivity contribution in [2.45, 2.75) is 6.92 Å². The van der Waals surface area contributed by atoms with Crippen LogP contribution in [0.5, 0.6) is 0 Å². The van der Waals surface area contributed by atoms with E-state index in [1.165, 1.54) is 13.0 Å². The van der Waals surface area contributed by atoms with Gasteiger partial charge in [-0.1, -0.05) is 12.1 Å². The van der Waals surface area contributed by atoms with Crippen LogP contribution < -0.4 is 5.32 Å². The van der Waals surface area contributed by atoms with Crippen molar-refractivity contribution >= 4 is 23.6 Å². The smallest absolute Gasteiger partial charge is 0.346 e. The van der Waals surface area contributed by atoms with Crippen LogP contribution in [0.2, 0.25) is 0 Å². The van der Waals surface area contributed by atoms with E-state index in [1.54, 1.807) is 30.3 Å². The predicted molar refractivity (Wildman–Crippen MR) is 62.0 cm³/mol. The Morgan fingerprint density at radius 2 is 1.94 bits per heavy atom. The highest BCUT2D eigenvalue weighted by Crippen LogP contribution is 2.12. The molecule has 86 valence electrons. The van der Waals surface area contributed by atoms with Crippen LogP contribution in [0, 0.1) is 11.3 Å². The summed E-state index contributed by atoms with van der Waals surface area (Å²) < 4.78 is 0. The fraction of sp³-hybridized carbons (Fsp3) is 0.0833. The Labute approximate surface area is 98.0 Å². The van der Waals surface area contributed by atoms with Gasteiger partial charge in [0.1, 0.15) is 11.6 Å². The predicted octanol–water partition coefficient (Wildman–Crippen LogP) is 1.64. The topological polar surface area (TPSA) is 90.2 Å². The van der Waals surface area contributed by atoms with Crippen molar-refractivity contribution in [3.05, 3.63) is 35.4 Å². The molecule has 1 amide bonds. The normalized spacial score (nSPS) is 10.5. The van der Waals surface area contributed by atoms with Crippen molar-refractivity contribution in [2.24, 2.45) is 0 Å². The number of anilines is 1. The molecule has 17 heavy (non-hydrogen) atoms. The van der Waals surface area contributed by atoms with Gasteiger partial charge in [-0.25, -0.2) is 4.79 Å². The average Bonchev–Trinajstić information content (AvgIpc) is 2.26. The van der Waals surface area contributed by atoms with Gasteiger partial charge in [-0.2, -0.15) is 5.26 Å². The molecule has 0 saturated carbocycles.